The lowest BCUT2D eigenvalue weighted by Gasteiger charge is -2.09. The summed E-state index contributed by atoms with van der Waals surface area (Å²) in [6, 6.07) is 32.2. The molecular formula is C34H26N8. The van der Waals surface area contributed by atoms with Gasteiger partial charge in [-0.05, 0) is 59.7 Å². The maximum absolute atomic E-state index is 4.65. The maximum Gasteiger partial charge on any atom is 0.115 e. The predicted octanol–water partition coefficient (Wildman–Crippen LogP) is 6.56. The van der Waals surface area contributed by atoms with Crippen LogP contribution in [0.3, 0.4) is 0 Å². The number of H-pyrrole nitrogens is 2. The van der Waals surface area contributed by atoms with Gasteiger partial charge in [0.1, 0.15) is 11.4 Å². The molecule has 2 N–H and O–H groups in total. The van der Waals surface area contributed by atoms with Gasteiger partial charge in [0, 0.05) is 48.8 Å². The van der Waals surface area contributed by atoms with E-state index in [1.807, 2.05) is 72.8 Å². The first-order chi connectivity index (χ1) is 20.8. The zero-order valence-electron chi connectivity index (χ0n) is 22.6. The molecule has 42 heavy (non-hydrogen) atoms. The third-order valence-corrected chi connectivity index (χ3v) is 7.18. The number of hydrogen-bond acceptors (Lipinski definition) is 6. The SMILES string of the molecule is c1ccc(-c2n[nH]c(-c3ccccn3)c2Cc2ccc(Cc3c(-c4ccccn4)n[nH]c3-c3ccccn3)cc2)nc1. The summed E-state index contributed by atoms with van der Waals surface area (Å²) in [6.07, 6.45) is 8.53. The Morgan fingerprint density at radius 3 is 1.10 bits per heavy atom. The Balaban J connectivity index is 1.22. The molecule has 0 aliphatic heterocycles. The molecule has 7 aromatic rings. The Morgan fingerprint density at radius 2 is 0.762 bits per heavy atom. The highest BCUT2D eigenvalue weighted by Crippen LogP contribution is 2.32. The molecule has 6 heterocycles. The van der Waals surface area contributed by atoms with E-state index in [2.05, 4.69) is 64.6 Å². The van der Waals surface area contributed by atoms with Crippen molar-refractivity contribution in [1.29, 1.82) is 0 Å². The van der Waals surface area contributed by atoms with Crippen molar-refractivity contribution >= 4 is 0 Å². The molecule has 0 aliphatic carbocycles. The number of aromatic nitrogens is 8. The van der Waals surface area contributed by atoms with Crippen molar-refractivity contribution in [2.45, 2.75) is 12.8 Å². The van der Waals surface area contributed by atoms with Gasteiger partial charge < -0.3 is 0 Å². The summed E-state index contributed by atoms with van der Waals surface area (Å²) in [6.45, 7) is 0. The van der Waals surface area contributed by atoms with E-state index in [0.29, 0.717) is 12.8 Å². The molecule has 0 aliphatic rings. The molecule has 0 radical (unpaired) electrons. The van der Waals surface area contributed by atoms with Gasteiger partial charge in [-0.3, -0.25) is 30.1 Å². The second kappa shape index (κ2) is 11.4. The standard InChI is InChI=1S/C34H26N8/c1-5-17-35-27(9-1)31-25(32(40-39-31)28-10-2-6-18-36-28)21-23-13-15-24(16-14-23)22-26-33(29-11-3-7-19-37-29)41-42-34(26)30-12-4-8-20-38-30/h1-20H,21-22H2,(H,39,40)(H,41,42). The number of pyridine rings is 4. The second-order valence-electron chi connectivity index (χ2n) is 9.88. The van der Waals surface area contributed by atoms with E-state index in [9.17, 15) is 0 Å². The van der Waals surface area contributed by atoms with Crippen molar-refractivity contribution in [3.05, 3.63) is 144 Å². The number of benzene rings is 1. The summed E-state index contributed by atoms with van der Waals surface area (Å²) >= 11 is 0. The van der Waals surface area contributed by atoms with Crippen LogP contribution < -0.4 is 0 Å². The molecule has 0 fully saturated rings. The van der Waals surface area contributed by atoms with Crippen LogP contribution in [0.2, 0.25) is 0 Å². The molecule has 8 heteroatoms. The molecule has 0 unspecified atom stereocenters. The predicted molar refractivity (Wildman–Crippen MR) is 162 cm³/mol. The molecule has 0 atom stereocenters. The highest BCUT2D eigenvalue weighted by Gasteiger charge is 2.20. The fourth-order valence-corrected chi connectivity index (χ4v) is 5.13. The van der Waals surface area contributed by atoms with E-state index in [4.69, 9.17) is 0 Å². The van der Waals surface area contributed by atoms with Gasteiger partial charge in [0.25, 0.3) is 0 Å². The van der Waals surface area contributed by atoms with E-state index >= 15 is 0 Å². The summed E-state index contributed by atoms with van der Waals surface area (Å²) in [5.74, 6) is 0. The summed E-state index contributed by atoms with van der Waals surface area (Å²) in [7, 11) is 0. The van der Waals surface area contributed by atoms with Crippen molar-refractivity contribution < 1.29 is 0 Å². The minimum absolute atomic E-state index is 0.679. The molecule has 202 valence electrons. The van der Waals surface area contributed by atoms with E-state index in [1.54, 1.807) is 24.8 Å². The Kier molecular flexibility index (Phi) is 6.84. The third-order valence-electron chi connectivity index (χ3n) is 7.18. The lowest BCUT2D eigenvalue weighted by Crippen LogP contribution is -1.97. The summed E-state index contributed by atoms with van der Waals surface area (Å²) in [5, 5.41) is 15.7. The van der Waals surface area contributed by atoms with Crippen LogP contribution in [-0.2, 0) is 12.8 Å². The van der Waals surface area contributed by atoms with Crippen LogP contribution in [-0.4, -0.2) is 40.3 Å². The average molecular weight is 547 g/mol. The van der Waals surface area contributed by atoms with E-state index < -0.39 is 0 Å². The van der Waals surface area contributed by atoms with Gasteiger partial charge in [0.15, 0.2) is 0 Å². The molecule has 6 aromatic heterocycles. The molecule has 7 rings (SSSR count). The Labute approximate surface area is 242 Å². The highest BCUT2D eigenvalue weighted by atomic mass is 15.1. The second-order valence-corrected chi connectivity index (χ2v) is 9.88. The van der Waals surface area contributed by atoms with Crippen molar-refractivity contribution in [3.63, 3.8) is 0 Å². The minimum atomic E-state index is 0.679. The first-order valence-corrected chi connectivity index (χ1v) is 13.7. The normalized spacial score (nSPS) is 11.0. The highest BCUT2D eigenvalue weighted by molar-refractivity contribution is 5.72. The molecular weight excluding hydrogens is 520 g/mol. The van der Waals surface area contributed by atoms with Gasteiger partial charge in [-0.25, -0.2) is 0 Å². The number of aromatic amines is 2. The quantitative estimate of drug-likeness (QED) is 0.223. The van der Waals surface area contributed by atoms with E-state index in [1.165, 1.54) is 0 Å². The van der Waals surface area contributed by atoms with Crippen LogP contribution in [0.4, 0.5) is 0 Å². The number of nitrogens with zero attached hydrogens (tertiary/aromatic N) is 6. The smallest absolute Gasteiger partial charge is 0.115 e. The maximum atomic E-state index is 4.65. The van der Waals surface area contributed by atoms with Crippen LogP contribution >= 0.6 is 0 Å². The van der Waals surface area contributed by atoms with Gasteiger partial charge >= 0.3 is 0 Å². The van der Waals surface area contributed by atoms with Crippen molar-refractivity contribution in [1.82, 2.24) is 40.3 Å². The van der Waals surface area contributed by atoms with Crippen LogP contribution in [0.5, 0.6) is 0 Å². The number of nitrogens with one attached hydrogen (secondary N) is 2. The summed E-state index contributed by atoms with van der Waals surface area (Å²) < 4.78 is 0. The monoisotopic (exact) mass is 546 g/mol. The molecule has 1 aromatic carbocycles. The van der Waals surface area contributed by atoms with Crippen molar-refractivity contribution in [3.8, 4) is 45.6 Å². The van der Waals surface area contributed by atoms with Gasteiger partial charge in [0.05, 0.1) is 34.2 Å². The van der Waals surface area contributed by atoms with E-state index in [-0.39, 0.29) is 0 Å². The Bertz CT molecular complexity index is 1640. The van der Waals surface area contributed by atoms with Crippen molar-refractivity contribution in [2.75, 3.05) is 0 Å². The zero-order valence-corrected chi connectivity index (χ0v) is 22.6. The van der Waals surface area contributed by atoms with Crippen LogP contribution in [0.1, 0.15) is 22.3 Å². The molecule has 0 saturated heterocycles. The number of rotatable bonds is 8. The van der Waals surface area contributed by atoms with Crippen molar-refractivity contribution in [2.24, 2.45) is 0 Å². The summed E-state index contributed by atoms with van der Waals surface area (Å²) in [5.41, 5.74) is 11.3. The van der Waals surface area contributed by atoms with Gasteiger partial charge in [-0.1, -0.05) is 48.5 Å². The number of hydrogen-bond donors (Lipinski definition) is 2. The fraction of sp³-hybridized carbons (Fsp3) is 0.0588. The van der Waals surface area contributed by atoms with Gasteiger partial charge in [0.2, 0.25) is 0 Å². The first kappa shape index (κ1) is 25.2. The summed E-state index contributed by atoms with van der Waals surface area (Å²) in [4.78, 5) is 18.3. The van der Waals surface area contributed by atoms with Crippen LogP contribution in [0.15, 0.2) is 122 Å². The Morgan fingerprint density at radius 1 is 0.405 bits per heavy atom. The largest absolute Gasteiger partial charge is 0.275 e. The van der Waals surface area contributed by atoms with Crippen LogP contribution in [0.25, 0.3) is 45.6 Å². The topological polar surface area (TPSA) is 109 Å². The fourth-order valence-electron chi connectivity index (χ4n) is 5.13. The van der Waals surface area contributed by atoms with Crippen LogP contribution in [0, 0.1) is 0 Å². The first-order valence-electron chi connectivity index (χ1n) is 13.7. The Hall–Kier alpha value is -5.76. The molecule has 0 amide bonds. The molecule has 0 bridgehead atoms. The zero-order chi connectivity index (χ0) is 28.1. The lowest BCUT2D eigenvalue weighted by atomic mass is 9.96. The molecule has 0 saturated carbocycles. The average Bonchev–Trinajstić information content (AvgIpc) is 3.68. The van der Waals surface area contributed by atoms with Gasteiger partial charge in [-0.15, -0.1) is 0 Å². The van der Waals surface area contributed by atoms with Gasteiger partial charge in [-0.2, -0.15) is 10.2 Å². The minimum Gasteiger partial charge on any atom is -0.275 e. The molecule has 0 spiro atoms. The lowest BCUT2D eigenvalue weighted by molar-refractivity contribution is 1.08. The third kappa shape index (κ3) is 5.09. The molecule has 8 nitrogen and oxygen atoms in total. The van der Waals surface area contributed by atoms with E-state index in [0.717, 1.165) is 67.8 Å².